The quantitative estimate of drug-likeness (QED) is 0.844. The predicted molar refractivity (Wildman–Crippen MR) is 74.8 cm³/mol. The molecule has 3 nitrogen and oxygen atoms in total. The minimum atomic E-state index is -0.127. The minimum Gasteiger partial charge on any atom is -0.506 e. The van der Waals surface area contributed by atoms with Gasteiger partial charge in [-0.2, -0.15) is 0 Å². The van der Waals surface area contributed by atoms with Gasteiger partial charge in [0.05, 0.1) is 5.02 Å². The Bertz CT molecular complexity index is 447. The van der Waals surface area contributed by atoms with E-state index < -0.39 is 0 Å². The second kappa shape index (κ2) is 6.41. The fraction of sp³-hybridized carbons (Fsp3) is 0.462. The van der Waals surface area contributed by atoms with Crippen LogP contribution in [-0.4, -0.2) is 36.4 Å². The van der Waals surface area contributed by atoms with E-state index in [2.05, 4.69) is 0 Å². The number of aromatic hydroxyl groups is 1. The first-order valence-electron chi connectivity index (χ1n) is 5.74. The molecule has 1 unspecified atom stereocenters. The zero-order valence-corrected chi connectivity index (χ0v) is 12.2. The van der Waals surface area contributed by atoms with Crippen LogP contribution in [0.25, 0.3) is 0 Å². The summed E-state index contributed by atoms with van der Waals surface area (Å²) < 4.78 is 0. The average molecular weight is 290 g/mol. The van der Waals surface area contributed by atoms with Crippen molar-refractivity contribution in [2.45, 2.75) is 13.3 Å². The lowest BCUT2D eigenvalue weighted by Gasteiger charge is -2.19. The Labute approximate surface area is 117 Å². The second-order valence-corrected chi connectivity index (χ2v) is 5.25. The van der Waals surface area contributed by atoms with Gasteiger partial charge in [-0.05, 0) is 32.6 Å². The van der Waals surface area contributed by atoms with Crippen molar-refractivity contribution in [1.82, 2.24) is 4.90 Å². The first-order valence-corrected chi connectivity index (χ1v) is 6.50. The zero-order valence-electron chi connectivity index (χ0n) is 10.7. The van der Waals surface area contributed by atoms with Crippen molar-refractivity contribution < 1.29 is 9.90 Å². The highest BCUT2D eigenvalue weighted by molar-refractivity contribution is 6.44. The van der Waals surface area contributed by atoms with Crippen LogP contribution in [0.15, 0.2) is 12.1 Å². The molecule has 0 spiro atoms. The number of carbonyl (C=O) groups excluding carboxylic acids is 1. The van der Waals surface area contributed by atoms with Crippen LogP contribution in [0.3, 0.4) is 0 Å². The summed E-state index contributed by atoms with van der Waals surface area (Å²) >= 11 is 11.8. The topological polar surface area (TPSA) is 40.5 Å². The number of Topliss-reactive ketones (excluding diaryl/α,β-unsaturated/α-hetero) is 1. The maximum Gasteiger partial charge on any atom is 0.168 e. The highest BCUT2D eigenvalue weighted by Gasteiger charge is 2.23. The number of benzene rings is 1. The molecule has 5 heteroatoms. The molecule has 0 radical (unpaired) electrons. The number of rotatable bonds is 5. The standard InChI is InChI=1S/C13H17Cl2NO2/c1-4-8(7-16(2)3)13(18)9-5-6-10(17)12(15)11(9)14/h5-6,8,17H,4,7H2,1-3H3. The SMILES string of the molecule is CCC(CN(C)C)C(=O)c1ccc(O)c(Cl)c1Cl. The Balaban J connectivity index is 3.06. The van der Waals surface area contributed by atoms with Crippen molar-refractivity contribution in [2.24, 2.45) is 5.92 Å². The maximum absolute atomic E-state index is 12.3. The Hall–Kier alpha value is -0.770. The maximum atomic E-state index is 12.3. The van der Waals surface area contributed by atoms with Gasteiger partial charge < -0.3 is 10.0 Å². The lowest BCUT2D eigenvalue weighted by Crippen LogP contribution is -2.27. The smallest absolute Gasteiger partial charge is 0.168 e. The molecule has 1 atom stereocenters. The van der Waals surface area contributed by atoms with Crippen molar-refractivity contribution in [3.05, 3.63) is 27.7 Å². The molecule has 0 aromatic heterocycles. The monoisotopic (exact) mass is 289 g/mol. The largest absolute Gasteiger partial charge is 0.506 e. The first kappa shape index (κ1) is 15.3. The van der Waals surface area contributed by atoms with Crippen molar-refractivity contribution >= 4 is 29.0 Å². The lowest BCUT2D eigenvalue weighted by molar-refractivity contribution is 0.0894. The highest BCUT2D eigenvalue weighted by atomic mass is 35.5. The molecular weight excluding hydrogens is 273 g/mol. The van der Waals surface area contributed by atoms with E-state index in [4.69, 9.17) is 23.2 Å². The Kier molecular flexibility index (Phi) is 5.45. The molecule has 0 amide bonds. The molecule has 1 aromatic rings. The van der Waals surface area contributed by atoms with Crippen LogP contribution < -0.4 is 0 Å². The zero-order chi connectivity index (χ0) is 13.9. The molecule has 1 rings (SSSR count). The van der Waals surface area contributed by atoms with Crippen LogP contribution in [0, 0.1) is 5.92 Å². The van der Waals surface area contributed by atoms with Crippen LogP contribution in [0.4, 0.5) is 0 Å². The molecule has 0 aliphatic rings. The van der Waals surface area contributed by atoms with E-state index in [0.717, 1.165) is 6.42 Å². The van der Waals surface area contributed by atoms with Crippen LogP contribution in [0.1, 0.15) is 23.7 Å². The number of phenols is 1. The number of ketones is 1. The van der Waals surface area contributed by atoms with E-state index >= 15 is 0 Å². The molecule has 1 aromatic carbocycles. The summed E-state index contributed by atoms with van der Waals surface area (Å²) in [6, 6.07) is 2.91. The first-order chi connectivity index (χ1) is 8.38. The summed E-state index contributed by atoms with van der Waals surface area (Å²) in [5.74, 6) is -0.282. The lowest BCUT2D eigenvalue weighted by atomic mass is 9.94. The third-order valence-electron chi connectivity index (χ3n) is 2.78. The summed E-state index contributed by atoms with van der Waals surface area (Å²) in [5.41, 5.74) is 0.369. The molecular formula is C13H17Cl2NO2. The predicted octanol–water partition coefficient (Wildman–Crippen LogP) is 3.47. The van der Waals surface area contributed by atoms with Gasteiger partial charge in [-0.25, -0.2) is 0 Å². The molecule has 0 bridgehead atoms. The summed E-state index contributed by atoms with van der Waals surface area (Å²) in [7, 11) is 3.84. The molecule has 0 heterocycles. The van der Waals surface area contributed by atoms with Gasteiger partial charge in [0.2, 0.25) is 0 Å². The third kappa shape index (κ3) is 3.37. The van der Waals surface area contributed by atoms with Crippen LogP contribution in [0.2, 0.25) is 10.0 Å². The van der Waals surface area contributed by atoms with Gasteiger partial charge in [0.1, 0.15) is 10.8 Å². The third-order valence-corrected chi connectivity index (χ3v) is 3.65. The van der Waals surface area contributed by atoms with Gasteiger partial charge in [-0.3, -0.25) is 4.79 Å². The van der Waals surface area contributed by atoms with E-state index in [1.807, 2.05) is 25.9 Å². The molecule has 0 aliphatic heterocycles. The summed E-state index contributed by atoms with van der Waals surface area (Å²) in [4.78, 5) is 14.3. The van der Waals surface area contributed by atoms with Crippen LogP contribution in [-0.2, 0) is 0 Å². The normalized spacial score (nSPS) is 12.8. The molecule has 0 aliphatic carbocycles. The van der Waals surface area contributed by atoms with Crippen molar-refractivity contribution in [3.63, 3.8) is 0 Å². The molecule has 100 valence electrons. The number of carbonyl (C=O) groups is 1. The number of phenolic OH excluding ortho intramolecular Hbond substituents is 1. The van der Waals surface area contributed by atoms with E-state index in [9.17, 15) is 9.90 Å². The fourth-order valence-electron chi connectivity index (χ4n) is 1.79. The van der Waals surface area contributed by atoms with Crippen molar-refractivity contribution in [1.29, 1.82) is 0 Å². The highest BCUT2D eigenvalue weighted by Crippen LogP contribution is 2.35. The Morgan fingerprint density at radius 1 is 1.33 bits per heavy atom. The van der Waals surface area contributed by atoms with Gasteiger partial charge in [0.15, 0.2) is 5.78 Å². The number of halogens is 2. The Morgan fingerprint density at radius 2 is 1.94 bits per heavy atom. The summed E-state index contributed by atoms with van der Waals surface area (Å²) in [6.45, 7) is 2.62. The van der Waals surface area contributed by atoms with Crippen molar-refractivity contribution in [2.75, 3.05) is 20.6 Å². The number of hydrogen-bond acceptors (Lipinski definition) is 3. The Morgan fingerprint density at radius 3 is 2.44 bits per heavy atom. The molecule has 0 saturated carbocycles. The van der Waals surface area contributed by atoms with E-state index in [1.165, 1.54) is 12.1 Å². The average Bonchev–Trinajstić information content (AvgIpc) is 2.32. The molecule has 0 saturated heterocycles. The van der Waals surface area contributed by atoms with E-state index in [0.29, 0.717) is 12.1 Å². The van der Waals surface area contributed by atoms with Gasteiger partial charge >= 0.3 is 0 Å². The summed E-state index contributed by atoms with van der Waals surface area (Å²) in [6.07, 6.45) is 0.728. The van der Waals surface area contributed by atoms with Crippen LogP contribution in [0.5, 0.6) is 5.75 Å². The minimum absolute atomic E-state index is 0.0298. The van der Waals surface area contributed by atoms with Gasteiger partial charge in [-0.1, -0.05) is 30.1 Å². The number of nitrogens with zero attached hydrogens (tertiary/aromatic N) is 1. The fourth-order valence-corrected chi connectivity index (χ4v) is 2.21. The molecule has 18 heavy (non-hydrogen) atoms. The van der Waals surface area contributed by atoms with E-state index in [1.54, 1.807) is 0 Å². The molecule has 1 N–H and O–H groups in total. The second-order valence-electron chi connectivity index (χ2n) is 4.49. The van der Waals surface area contributed by atoms with Crippen molar-refractivity contribution in [3.8, 4) is 5.75 Å². The van der Waals surface area contributed by atoms with E-state index in [-0.39, 0.29) is 27.5 Å². The molecule has 0 fully saturated rings. The number of hydrogen-bond donors (Lipinski definition) is 1. The van der Waals surface area contributed by atoms with Crippen LogP contribution >= 0.6 is 23.2 Å². The van der Waals surface area contributed by atoms with Gasteiger partial charge in [0.25, 0.3) is 0 Å². The van der Waals surface area contributed by atoms with Gasteiger partial charge in [-0.15, -0.1) is 0 Å². The summed E-state index contributed by atoms with van der Waals surface area (Å²) in [5, 5.41) is 9.57. The van der Waals surface area contributed by atoms with Gasteiger partial charge in [0, 0.05) is 18.0 Å².